The van der Waals surface area contributed by atoms with Crippen molar-refractivity contribution in [2.45, 2.75) is 6.54 Å². The van der Waals surface area contributed by atoms with Crippen molar-refractivity contribution in [1.29, 1.82) is 0 Å². The first-order valence-corrected chi connectivity index (χ1v) is 12.0. The van der Waals surface area contributed by atoms with Gasteiger partial charge in [-0.05, 0) is 48.0 Å². The van der Waals surface area contributed by atoms with Crippen LogP contribution in [0.25, 0.3) is 0 Å². The molecule has 0 unspecified atom stereocenters. The molecule has 0 radical (unpaired) electrons. The van der Waals surface area contributed by atoms with E-state index in [-0.39, 0.29) is 34.6 Å². The van der Waals surface area contributed by atoms with Gasteiger partial charge >= 0.3 is 0 Å². The lowest BCUT2D eigenvalue weighted by molar-refractivity contribution is -0.120. The number of halogens is 3. The lowest BCUT2D eigenvalue weighted by Crippen LogP contribution is -2.32. The molecule has 190 valence electrons. The molecule has 0 atom stereocenters. The van der Waals surface area contributed by atoms with Gasteiger partial charge in [0.15, 0.2) is 0 Å². The number of methoxy groups -OCH3 is 2. The van der Waals surface area contributed by atoms with E-state index in [2.05, 4.69) is 10.6 Å². The Bertz CT molecular complexity index is 1440. The fraction of sp³-hybridized carbons (Fsp3) is 0.115. The Balaban J connectivity index is 1.52. The van der Waals surface area contributed by atoms with E-state index in [4.69, 9.17) is 44.3 Å². The summed E-state index contributed by atoms with van der Waals surface area (Å²) >= 11 is 18.3. The molecule has 3 aromatic rings. The highest BCUT2D eigenvalue weighted by Gasteiger charge is 2.40. The molecule has 11 heteroatoms. The third-order valence-corrected chi connectivity index (χ3v) is 6.44. The van der Waals surface area contributed by atoms with Gasteiger partial charge in [-0.25, -0.2) is 4.90 Å². The van der Waals surface area contributed by atoms with E-state index in [0.717, 1.165) is 4.90 Å². The largest absolute Gasteiger partial charge is 0.497 e. The van der Waals surface area contributed by atoms with Crippen molar-refractivity contribution >= 4 is 63.9 Å². The number of imide groups is 1. The van der Waals surface area contributed by atoms with Crippen LogP contribution in [-0.2, 0) is 16.1 Å². The van der Waals surface area contributed by atoms with Crippen LogP contribution in [0, 0.1) is 0 Å². The minimum atomic E-state index is -0.727. The van der Waals surface area contributed by atoms with Crippen LogP contribution in [0.5, 0.6) is 11.5 Å². The number of nitrogens with zero attached hydrogens (tertiary/aromatic N) is 1. The number of anilines is 2. The van der Waals surface area contributed by atoms with Gasteiger partial charge in [0.05, 0.1) is 19.9 Å². The van der Waals surface area contributed by atoms with E-state index < -0.39 is 11.8 Å². The minimum Gasteiger partial charge on any atom is -0.497 e. The summed E-state index contributed by atoms with van der Waals surface area (Å²) in [5.74, 6) is -1.07. The summed E-state index contributed by atoms with van der Waals surface area (Å²) < 4.78 is 10.5. The second-order valence-corrected chi connectivity index (χ2v) is 9.02. The molecule has 1 heterocycles. The number of benzene rings is 3. The van der Waals surface area contributed by atoms with Crippen molar-refractivity contribution in [3.8, 4) is 11.5 Å². The standard InChI is InChI=1S/C26H20Cl3N3O5/c1-36-18-8-9-21(37-2)20(12-18)32-25(34)22(29)23(26(32)35)31-17-5-3-4-14(10-17)24(33)30-13-15-6-7-16(27)11-19(15)28/h3-12,31H,13H2,1-2H3,(H,30,33). The van der Waals surface area contributed by atoms with Crippen LogP contribution in [0.1, 0.15) is 15.9 Å². The number of carbonyl (C=O) groups excluding carboxylic acids is 3. The zero-order valence-corrected chi connectivity index (χ0v) is 21.9. The van der Waals surface area contributed by atoms with Gasteiger partial charge in [0.2, 0.25) is 0 Å². The van der Waals surface area contributed by atoms with Crippen molar-refractivity contribution in [3.63, 3.8) is 0 Å². The maximum Gasteiger partial charge on any atom is 0.283 e. The Morgan fingerprint density at radius 2 is 1.70 bits per heavy atom. The van der Waals surface area contributed by atoms with E-state index >= 15 is 0 Å². The Morgan fingerprint density at radius 1 is 0.919 bits per heavy atom. The van der Waals surface area contributed by atoms with Crippen LogP contribution in [-0.4, -0.2) is 31.9 Å². The number of amides is 3. The van der Waals surface area contributed by atoms with Gasteiger partial charge in [0, 0.05) is 33.9 Å². The second-order valence-electron chi connectivity index (χ2n) is 7.80. The first-order valence-electron chi connectivity index (χ1n) is 10.8. The van der Waals surface area contributed by atoms with Gasteiger partial charge in [-0.1, -0.05) is 46.9 Å². The van der Waals surface area contributed by atoms with Gasteiger partial charge in [-0.2, -0.15) is 0 Å². The average molecular weight is 561 g/mol. The van der Waals surface area contributed by atoms with Crippen LogP contribution in [0.4, 0.5) is 11.4 Å². The number of hydrogen-bond acceptors (Lipinski definition) is 6. The molecule has 4 rings (SSSR count). The number of carbonyl (C=O) groups is 3. The van der Waals surface area contributed by atoms with E-state index in [0.29, 0.717) is 32.6 Å². The van der Waals surface area contributed by atoms with E-state index in [1.54, 1.807) is 48.5 Å². The SMILES string of the molecule is COc1ccc(OC)c(N2C(=O)C(Cl)=C(Nc3cccc(C(=O)NCc4ccc(Cl)cc4Cl)c3)C2=O)c1. The second kappa shape index (κ2) is 11.1. The summed E-state index contributed by atoms with van der Waals surface area (Å²) in [6, 6.07) is 16.1. The molecule has 1 aliphatic rings. The summed E-state index contributed by atoms with van der Waals surface area (Å²) in [6.45, 7) is 0.188. The normalized spacial score (nSPS) is 13.2. The van der Waals surface area contributed by atoms with Gasteiger partial charge in [-0.15, -0.1) is 0 Å². The Morgan fingerprint density at radius 3 is 2.41 bits per heavy atom. The van der Waals surface area contributed by atoms with Crippen LogP contribution in [0.3, 0.4) is 0 Å². The maximum atomic E-state index is 13.2. The molecule has 2 N–H and O–H groups in total. The zero-order chi connectivity index (χ0) is 26.7. The predicted octanol–water partition coefficient (Wildman–Crippen LogP) is 5.38. The van der Waals surface area contributed by atoms with Crippen molar-refractivity contribution < 1.29 is 23.9 Å². The lowest BCUT2D eigenvalue weighted by Gasteiger charge is -2.19. The monoisotopic (exact) mass is 559 g/mol. The number of nitrogens with one attached hydrogen (secondary N) is 2. The third-order valence-electron chi connectivity index (χ3n) is 5.50. The highest BCUT2D eigenvalue weighted by atomic mass is 35.5. The average Bonchev–Trinajstić information content (AvgIpc) is 3.10. The van der Waals surface area contributed by atoms with Crippen LogP contribution < -0.4 is 25.0 Å². The molecule has 0 saturated carbocycles. The molecule has 37 heavy (non-hydrogen) atoms. The summed E-state index contributed by atoms with van der Waals surface area (Å²) in [7, 11) is 2.88. The van der Waals surface area contributed by atoms with Crippen molar-refractivity contribution in [1.82, 2.24) is 5.32 Å². The molecule has 0 spiro atoms. The van der Waals surface area contributed by atoms with E-state index in [9.17, 15) is 14.4 Å². The number of rotatable bonds is 8. The van der Waals surface area contributed by atoms with E-state index in [1.165, 1.54) is 26.4 Å². The van der Waals surface area contributed by atoms with Crippen molar-refractivity contribution in [2.75, 3.05) is 24.4 Å². The molecule has 3 aromatic carbocycles. The van der Waals surface area contributed by atoms with Crippen LogP contribution in [0.2, 0.25) is 10.0 Å². The minimum absolute atomic E-state index is 0.137. The molecule has 0 aliphatic carbocycles. The molecular weight excluding hydrogens is 541 g/mol. The quantitative estimate of drug-likeness (QED) is 0.359. The number of hydrogen-bond donors (Lipinski definition) is 2. The summed E-state index contributed by atoms with van der Waals surface area (Å²) in [4.78, 5) is 39.8. The molecule has 8 nitrogen and oxygen atoms in total. The molecule has 1 aliphatic heterocycles. The Kier molecular flexibility index (Phi) is 7.92. The Hall–Kier alpha value is -3.72. The summed E-state index contributed by atoms with van der Waals surface area (Å²) in [5, 5.41) is 6.28. The fourth-order valence-electron chi connectivity index (χ4n) is 3.63. The number of ether oxygens (including phenoxy) is 2. The lowest BCUT2D eigenvalue weighted by atomic mass is 10.1. The van der Waals surface area contributed by atoms with Crippen molar-refractivity contribution in [2.24, 2.45) is 0 Å². The molecule has 0 saturated heterocycles. The predicted molar refractivity (Wildman–Crippen MR) is 143 cm³/mol. The zero-order valence-electron chi connectivity index (χ0n) is 19.6. The van der Waals surface area contributed by atoms with Crippen LogP contribution in [0.15, 0.2) is 71.4 Å². The van der Waals surface area contributed by atoms with E-state index in [1.807, 2.05) is 0 Å². The highest BCUT2D eigenvalue weighted by molar-refractivity contribution is 6.53. The smallest absolute Gasteiger partial charge is 0.283 e. The van der Waals surface area contributed by atoms with Gasteiger partial charge in [0.1, 0.15) is 22.2 Å². The summed E-state index contributed by atoms with van der Waals surface area (Å²) in [6.07, 6.45) is 0. The Labute approximate surface area is 227 Å². The fourth-order valence-corrected chi connectivity index (χ4v) is 4.31. The summed E-state index contributed by atoms with van der Waals surface area (Å²) in [5.41, 5.74) is 1.44. The van der Waals surface area contributed by atoms with Gasteiger partial charge in [-0.3, -0.25) is 14.4 Å². The first kappa shape index (κ1) is 26.3. The first-order chi connectivity index (χ1) is 17.7. The molecular formula is C26H20Cl3N3O5. The van der Waals surface area contributed by atoms with Crippen LogP contribution >= 0.6 is 34.8 Å². The molecule has 3 amide bonds. The topological polar surface area (TPSA) is 97.0 Å². The molecule has 0 aromatic heterocycles. The molecule has 0 bridgehead atoms. The third kappa shape index (κ3) is 5.51. The molecule has 0 fully saturated rings. The maximum absolute atomic E-state index is 13.2. The van der Waals surface area contributed by atoms with Gasteiger partial charge in [0.25, 0.3) is 17.7 Å². The van der Waals surface area contributed by atoms with Gasteiger partial charge < -0.3 is 20.1 Å². The highest BCUT2D eigenvalue weighted by Crippen LogP contribution is 2.38. The van der Waals surface area contributed by atoms with Crippen molar-refractivity contribution in [3.05, 3.63) is 92.6 Å².